The first-order chi connectivity index (χ1) is 9.47. The van der Waals surface area contributed by atoms with Gasteiger partial charge in [-0.3, -0.25) is 0 Å². The maximum Gasteiger partial charge on any atom is 0.422 e. The second-order valence-electron chi connectivity index (χ2n) is 4.13. The molecule has 10 heteroatoms. The molecule has 0 heterocycles. The molecule has 1 aromatic carbocycles. The van der Waals surface area contributed by atoms with Crippen LogP contribution in [0.4, 0.5) is 23.7 Å². The number of hydrogen-bond acceptors (Lipinski definition) is 2. The summed E-state index contributed by atoms with van der Waals surface area (Å²) in [6.45, 7) is 0.345. The van der Waals surface area contributed by atoms with Crippen molar-refractivity contribution in [3.05, 3.63) is 27.7 Å². The standard InChI is InChI=1S/C11H9BrClF3N2O3/c1-10(8(19)20,11(14,15)16)18-9(21)17-7-3-2-5(12)4-6(7)13/h2-4H,1H3,(H,19,20)(H2,17,18,21). The Balaban J connectivity index is 2.92. The third kappa shape index (κ3) is 4.01. The molecule has 0 saturated carbocycles. The summed E-state index contributed by atoms with van der Waals surface area (Å²) in [6, 6.07) is 2.91. The van der Waals surface area contributed by atoms with E-state index in [2.05, 4.69) is 21.2 Å². The number of nitrogens with one attached hydrogen (secondary N) is 2. The number of hydrogen-bond donors (Lipinski definition) is 3. The number of amides is 2. The summed E-state index contributed by atoms with van der Waals surface area (Å²) < 4.78 is 38.8. The molecule has 0 aliphatic rings. The van der Waals surface area contributed by atoms with Gasteiger partial charge < -0.3 is 15.7 Å². The van der Waals surface area contributed by atoms with E-state index in [1.807, 2.05) is 0 Å². The van der Waals surface area contributed by atoms with Crippen LogP contribution in [0.25, 0.3) is 0 Å². The summed E-state index contributed by atoms with van der Waals surface area (Å²) in [4.78, 5) is 22.3. The number of rotatable bonds is 3. The highest BCUT2D eigenvalue weighted by Gasteiger charge is 2.58. The van der Waals surface area contributed by atoms with Gasteiger partial charge in [-0.2, -0.15) is 13.2 Å². The Morgan fingerprint density at radius 3 is 2.33 bits per heavy atom. The number of carboxylic acid groups (broad SMARTS) is 1. The molecule has 1 rings (SSSR count). The van der Waals surface area contributed by atoms with Crippen molar-refractivity contribution in [2.45, 2.75) is 18.6 Å². The monoisotopic (exact) mass is 388 g/mol. The van der Waals surface area contributed by atoms with Gasteiger partial charge in [0.15, 0.2) is 0 Å². The van der Waals surface area contributed by atoms with E-state index in [0.29, 0.717) is 11.4 Å². The molecule has 5 nitrogen and oxygen atoms in total. The largest absolute Gasteiger partial charge is 0.479 e. The molecule has 0 bridgehead atoms. The van der Waals surface area contributed by atoms with Gasteiger partial charge in [-0.1, -0.05) is 27.5 Å². The number of anilines is 1. The highest BCUT2D eigenvalue weighted by Crippen LogP contribution is 2.31. The van der Waals surface area contributed by atoms with Crippen LogP contribution in [0.5, 0.6) is 0 Å². The second-order valence-corrected chi connectivity index (χ2v) is 5.45. The van der Waals surface area contributed by atoms with Gasteiger partial charge >= 0.3 is 18.2 Å². The number of urea groups is 1. The summed E-state index contributed by atoms with van der Waals surface area (Å²) in [5.74, 6) is -2.23. The SMILES string of the molecule is CC(NC(=O)Nc1ccc(Br)cc1Cl)(C(=O)O)C(F)(F)F. The number of alkyl halides is 3. The van der Waals surface area contributed by atoms with E-state index in [1.165, 1.54) is 23.5 Å². The molecule has 0 radical (unpaired) electrons. The van der Waals surface area contributed by atoms with Crippen molar-refractivity contribution in [1.29, 1.82) is 0 Å². The van der Waals surface area contributed by atoms with Crippen molar-refractivity contribution in [2.75, 3.05) is 5.32 Å². The minimum atomic E-state index is -5.17. The first-order valence-electron chi connectivity index (χ1n) is 5.31. The average molecular weight is 390 g/mol. The van der Waals surface area contributed by atoms with Crippen LogP contribution in [0.2, 0.25) is 5.02 Å². The molecule has 0 aliphatic carbocycles. The molecule has 0 saturated heterocycles. The molecule has 0 spiro atoms. The lowest BCUT2D eigenvalue weighted by Crippen LogP contribution is -2.62. The number of carbonyl (C=O) groups is 2. The second kappa shape index (κ2) is 6.10. The number of halogens is 5. The molecular weight excluding hydrogens is 380 g/mol. The van der Waals surface area contributed by atoms with Gasteiger partial charge in [-0.15, -0.1) is 0 Å². The Labute approximate surface area is 130 Å². The van der Waals surface area contributed by atoms with Crippen LogP contribution >= 0.6 is 27.5 Å². The summed E-state index contributed by atoms with van der Waals surface area (Å²) in [5, 5.41) is 12.2. The van der Waals surface area contributed by atoms with Gasteiger partial charge in [-0.25, -0.2) is 9.59 Å². The predicted octanol–water partition coefficient (Wildman–Crippen LogP) is 3.63. The molecule has 116 valence electrons. The topological polar surface area (TPSA) is 78.4 Å². The van der Waals surface area contributed by atoms with Crippen molar-refractivity contribution in [3.8, 4) is 0 Å². The molecule has 0 aromatic heterocycles. The maximum atomic E-state index is 12.7. The van der Waals surface area contributed by atoms with Crippen LogP contribution in [-0.4, -0.2) is 28.8 Å². The fraction of sp³-hybridized carbons (Fsp3) is 0.273. The fourth-order valence-corrected chi connectivity index (χ4v) is 1.94. The Morgan fingerprint density at radius 2 is 1.90 bits per heavy atom. The average Bonchev–Trinajstić information content (AvgIpc) is 2.31. The van der Waals surface area contributed by atoms with Crippen LogP contribution in [0, 0.1) is 0 Å². The fourth-order valence-electron chi connectivity index (χ4n) is 1.22. The maximum absolute atomic E-state index is 12.7. The van der Waals surface area contributed by atoms with Crippen LogP contribution in [0.1, 0.15) is 6.92 Å². The van der Waals surface area contributed by atoms with Crippen molar-refractivity contribution in [2.24, 2.45) is 0 Å². The van der Waals surface area contributed by atoms with E-state index in [4.69, 9.17) is 16.7 Å². The number of aliphatic carboxylic acids is 1. The van der Waals surface area contributed by atoms with Gasteiger partial charge in [0.2, 0.25) is 5.54 Å². The first kappa shape index (κ1) is 17.6. The normalized spacial score (nSPS) is 14.2. The van der Waals surface area contributed by atoms with Crippen molar-refractivity contribution >= 4 is 45.2 Å². The minimum Gasteiger partial charge on any atom is -0.479 e. The van der Waals surface area contributed by atoms with Crippen LogP contribution in [0.15, 0.2) is 22.7 Å². The molecule has 3 N–H and O–H groups in total. The van der Waals surface area contributed by atoms with Gasteiger partial charge in [-0.05, 0) is 25.1 Å². The lowest BCUT2D eigenvalue weighted by Gasteiger charge is -2.28. The van der Waals surface area contributed by atoms with Crippen molar-refractivity contribution in [1.82, 2.24) is 5.32 Å². The molecule has 0 fully saturated rings. The zero-order valence-corrected chi connectivity index (χ0v) is 12.7. The van der Waals surface area contributed by atoms with Crippen LogP contribution < -0.4 is 10.6 Å². The molecule has 1 unspecified atom stereocenters. The van der Waals surface area contributed by atoms with E-state index in [1.54, 1.807) is 0 Å². The molecule has 1 atom stereocenters. The van der Waals surface area contributed by atoms with Gasteiger partial charge in [0, 0.05) is 4.47 Å². The smallest absolute Gasteiger partial charge is 0.422 e. The Kier molecular flexibility index (Phi) is 5.11. The van der Waals surface area contributed by atoms with Crippen molar-refractivity contribution in [3.63, 3.8) is 0 Å². The minimum absolute atomic E-state index is 0.0345. The molecule has 2 amide bonds. The van der Waals surface area contributed by atoms with E-state index < -0.39 is 23.7 Å². The van der Waals surface area contributed by atoms with Crippen LogP contribution in [-0.2, 0) is 4.79 Å². The zero-order chi connectivity index (χ0) is 16.4. The first-order valence-corrected chi connectivity index (χ1v) is 6.49. The third-order valence-corrected chi connectivity index (χ3v) is 3.34. The molecule has 1 aromatic rings. The molecular formula is C11H9BrClF3N2O3. The summed E-state index contributed by atoms with van der Waals surface area (Å²) in [6.07, 6.45) is -5.17. The lowest BCUT2D eigenvalue weighted by molar-refractivity contribution is -0.203. The highest BCUT2D eigenvalue weighted by atomic mass is 79.9. The van der Waals surface area contributed by atoms with E-state index in [9.17, 15) is 22.8 Å². The zero-order valence-electron chi connectivity index (χ0n) is 10.4. The highest BCUT2D eigenvalue weighted by molar-refractivity contribution is 9.10. The lowest BCUT2D eigenvalue weighted by atomic mass is 10.0. The number of benzene rings is 1. The van der Waals surface area contributed by atoms with Gasteiger partial charge in [0.25, 0.3) is 0 Å². The Bertz CT molecular complexity index is 582. The Morgan fingerprint density at radius 1 is 1.33 bits per heavy atom. The summed E-state index contributed by atoms with van der Waals surface area (Å²) >= 11 is 8.90. The Hall–Kier alpha value is -1.48. The van der Waals surface area contributed by atoms with Crippen LogP contribution in [0.3, 0.4) is 0 Å². The van der Waals surface area contributed by atoms with E-state index in [0.717, 1.165) is 0 Å². The van der Waals surface area contributed by atoms with Gasteiger partial charge in [0.1, 0.15) is 0 Å². The van der Waals surface area contributed by atoms with E-state index in [-0.39, 0.29) is 10.7 Å². The van der Waals surface area contributed by atoms with Gasteiger partial charge in [0.05, 0.1) is 10.7 Å². The van der Waals surface area contributed by atoms with Crippen molar-refractivity contribution < 1.29 is 27.9 Å². The number of carboxylic acids is 1. The number of carbonyl (C=O) groups excluding carboxylic acids is 1. The summed E-state index contributed by atoms with van der Waals surface area (Å²) in [7, 11) is 0. The molecule has 0 aliphatic heterocycles. The predicted molar refractivity (Wildman–Crippen MR) is 73.4 cm³/mol. The van der Waals surface area contributed by atoms with E-state index >= 15 is 0 Å². The third-order valence-electron chi connectivity index (χ3n) is 2.54. The molecule has 21 heavy (non-hydrogen) atoms. The summed E-state index contributed by atoms with van der Waals surface area (Å²) in [5.41, 5.74) is -3.38. The quantitative estimate of drug-likeness (QED) is 0.739.